The van der Waals surface area contributed by atoms with E-state index in [1.165, 1.54) is 12.3 Å². The van der Waals surface area contributed by atoms with Gasteiger partial charge in [-0.1, -0.05) is 39.0 Å². The zero-order valence-electron chi connectivity index (χ0n) is 16.3. The number of allylic oxidation sites excluding steroid dienone is 2. The number of ketones is 1. The second-order valence-corrected chi connectivity index (χ2v) is 8.44. The van der Waals surface area contributed by atoms with Gasteiger partial charge in [0.1, 0.15) is 6.17 Å². The van der Waals surface area contributed by atoms with Gasteiger partial charge < -0.3 is 5.32 Å². The predicted octanol–water partition coefficient (Wildman–Crippen LogP) is 5.22. The predicted molar refractivity (Wildman–Crippen MR) is 98.6 cm³/mol. The highest BCUT2D eigenvalue weighted by Gasteiger charge is 2.56. The normalized spacial score (nSPS) is 30.6. The lowest BCUT2D eigenvalue weighted by molar-refractivity contribution is -0.137. The van der Waals surface area contributed by atoms with Gasteiger partial charge in [-0.2, -0.15) is 23.4 Å². The summed E-state index contributed by atoms with van der Waals surface area (Å²) in [7, 11) is 0. The van der Waals surface area contributed by atoms with Crippen molar-refractivity contribution in [3.63, 3.8) is 0 Å². The third-order valence-corrected chi connectivity index (χ3v) is 6.20. The number of azo groups is 1. The van der Waals surface area contributed by atoms with Gasteiger partial charge in [0.05, 0.1) is 22.9 Å². The summed E-state index contributed by atoms with van der Waals surface area (Å²) in [5.41, 5.74) is -1.77. The molecule has 1 aromatic carbocycles. The minimum absolute atomic E-state index is 0.0262. The molecule has 0 saturated carbocycles. The zero-order chi connectivity index (χ0) is 21.2. The van der Waals surface area contributed by atoms with E-state index in [9.17, 15) is 18.0 Å². The first-order chi connectivity index (χ1) is 13.5. The molecule has 29 heavy (non-hydrogen) atoms. The molecule has 0 spiro atoms. The second-order valence-electron chi connectivity index (χ2n) is 8.44. The molecule has 0 amide bonds. The summed E-state index contributed by atoms with van der Waals surface area (Å²) in [6.45, 7) is 5.12. The van der Waals surface area contributed by atoms with Crippen molar-refractivity contribution < 1.29 is 22.4 Å². The number of carbonyl (C=O) groups excluding carboxylic acids is 1. The van der Waals surface area contributed by atoms with Gasteiger partial charge >= 0.3 is 6.18 Å². The van der Waals surface area contributed by atoms with Crippen molar-refractivity contribution in [2.45, 2.75) is 57.5 Å². The molecule has 8 heteroatoms. The molecule has 3 aliphatic rings. The van der Waals surface area contributed by atoms with Gasteiger partial charge in [-0.3, -0.25) is 4.79 Å². The summed E-state index contributed by atoms with van der Waals surface area (Å²) < 4.78 is 55.7. The van der Waals surface area contributed by atoms with Crippen LogP contribution < -0.4 is 5.32 Å². The van der Waals surface area contributed by atoms with Crippen LogP contribution in [0.4, 0.5) is 17.6 Å². The summed E-state index contributed by atoms with van der Waals surface area (Å²) in [4.78, 5) is 13.2. The van der Waals surface area contributed by atoms with Crippen molar-refractivity contribution in [1.29, 1.82) is 0 Å². The smallest absolute Gasteiger partial charge is 0.359 e. The number of benzene rings is 1. The molecule has 1 unspecified atom stereocenters. The Hall–Kier alpha value is -2.51. The molecular weight excluding hydrogens is 386 g/mol. The molecule has 0 bridgehead atoms. The number of Topliss-reactive ketones (excluding diaryl/α,β-unsaturated/α-hetero) is 1. The van der Waals surface area contributed by atoms with E-state index in [4.69, 9.17) is 0 Å². The number of hydrogen-bond acceptors (Lipinski definition) is 4. The number of hydrogen-bond donors (Lipinski definition) is 1. The summed E-state index contributed by atoms with van der Waals surface area (Å²) in [5.74, 6) is -0.267. The number of carbonyl (C=O) groups is 1. The molecule has 0 aromatic heterocycles. The van der Waals surface area contributed by atoms with E-state index in [0.717, 1.165) is 12.1 Å². The molecule has 0 fully saturated rings. The van der Waals surface area contributed by atoms with Crippen LogP contribution in [0, 0.1) is 5.41 Å². The van der Waals surface area contributed by atoms with Crippen LogP contribution in [0.2, 0.25) is 0 Å². The quantitative estimate of drug-likeness (QED) is 0.683. The molecule has 3 atom stereocenters. The van der Waals surface area contributed by atoms with Gasteiger partial charge in [0.15, 0.2) is 11.9 Å². The van der Waals surface area contributed by atoms with Gasteiger partial charge in [0.25, 0.3) is 0 Å². The molecule has 1 aliphatic carbocycles. The van der Waals surface area contributed by atoms with Crippen LogP contribution >= 0.6 is 0 Å². The van der Waals surface area contributed by atoms with E-state index in [-0.39, 0.29) is 29.9 Å². The fourth-order valence-corrected chi connectivity index (χ4v) is 4.77. The van der Waals surface area contributed by atoms with Gasteiger partial charge in [-0.15, -0.1) is 0 Å². The molecule has 154 valence electrons. The first-order valence-electron chi connectivity index (χ1n) is 9.49. The molecule has 2 heterocycles. The third kappa shape index (κ3) is 2.75. The van der Waals surface area contributed by atoms with Gasteiger partial charge in [-0.25, -0.2) is 4.39 Å². The highest BCUT2D eigenvalue weighted by atomic mass is 19.4. The Morgan fingerprint density at radius 2 is 2.00 bits per heavy atom. The average Bonchev–Trinajstić information content (AvgIpc) is 3.12. The summed E-state index contributed by atoms with van der Waals surface area (Å²) in [5, 5.41) is 11.0. The standard InChI is InChI=1S/C21H21F4N3O/c1-4-20(11-6-5-7-12(8-11)21(23,24)25)13-10-26-28-18(13)27-16-15(20)14(29)9-19(2,3)17(16)22/h5-8,10,17-18,27H,4,9H2,1-3H3/t17-,18?,20+/m0/s1. The van der Waals surface area contributed by atoms with E-state index in [1.54, 1.807) is 26.8 Å². The minimum atomic E-state index is -4.53. The van der Waals surface area contributed by atoms with Crippen molar-refractivity contribution in [3.8, 4) is 0 Å². The lowest BCUT2D eigenvalue weighted by Gasteiger charge is -2.49. The maximum Gasteiger partial charge on any atom is 0.416 e. The van der Waals surface area contributed by atoms with Gasteiger partial charge in [-0.05, 0) is 18.1 Å². The Morgan fingerprint density at radius 3 is 2.66 bits per heavy atom. The molecular formula is C21H21F4N3O. The topological polar surface area (TPSA) is 53.8 Å². The zero-order valence-corrected chi connectivity index (χ0v) is 16.3. The molecule has 4 nitrogen and oxygen atoms in total. The van der Waals surface area contributed by atoms with Crippen molar-refractivity contribution in [2.24, 2.45) is 15.6 Å². The molecule has 0 saturated heterocycles. The Labute approximate surface area is 165 Å². The Morgan fingerprint density at radius 1 is 1.28 bits per heavy atom. The first-order valence-corrected chi connectivity index (χ1v) is 9.49. The largest absolute Gasteiger partial charge is 0.416 e. The number of halogens is 4. The van der Waals surface area contributed by atoms with Gasteiger partial charge in [0.2, 0.25) is 0 Å². The lowest BCUT2D eigenvalue weighted by atomic mass is 9.58. The molecule has 2 aliphatic heterocycles. The summed E-state index contributed by atoms with van der Waals surface area (Å²) >= 11 is 0. The Balaban J connectivity index is 2.02. The van der Waals surface area contributed by atoms with E-state index >= 15 is 4.39 Å². The maximum atomic E-state index is 15.4. The van der Waals surface area contributed by atoms with Crippen molar-refractivity contribution in [2.75, 3.05) is 0 Å². The average molecular weight is 407 g/mol. The number of nitrogens with one attached hydrogen (secondary N) is 1. The van der Waals surface area contributed by atoms with Crippen molar-refractivity contribution in [1.82, 2.24) is 5.32 Å². The molecule has 1 N–H and O–H groups in total. The molecule has 4 rings (SSSR count). The third-order valence-electron chi connectivity index (χ3n) is 6.20. The van der Waals surface area contributed by atoms with Crippen LogP contribution in [0.5, 0.6) is 0 Å². The fraction of sp³-hybridized carbons (Fsp3) is 0.476. The SMILES string of the molecule is CC[C@@]1(c2cccc(C(F)(F)F)c2)C2=CN=NC2NC2=C1C(=O)CC(C)(C)[C@H]2F. The minimum Gasteiger partial charge on any atom is -0.359 e. The van der Waals surface area contributed by atoms with Crippen LogP contribution in [-0.4, -0.2) is 18.1 Å². The number of alkyl halides is 4. The van der Waals surface area contributed by atoms with E-state index < -0.39 is 34.9 Å². The van der Waals surface area contributed by atoms with Crippen LogP contribution in [0.3, 0.4) is 0 Å². The van der Waals surface area contributed by atoms with Gasteiger partial charge in [0, 0.05) is 23.0 Å². The fourth-order valence-electron chi connectivity index (χ4n) is 4.77. The highest BCUT2D eigenvalue weighted by Crippen LogP contribution is 2.54. The number of rotatable bonds is 2. The Bertz CT molecular complexity index is 976. The Kier molecular flexibility index (Phi) is 4.26. The van der Waals surface area contributed by atoms with Crippen LogP contribution in [0.1, 0.15) is 44.7 Å². The lowest BCUT2D eigenvalue weighted by Crippen LogP contribution is -2.55. The highest BCUT2D eigenvalue weighted by molar-refractivity contribution is 6.01. The van der Waals surface area contributed by atoms with Crippen LogP contribution in [0.25, 0.3) is 0 Å². The van der Waals surface area contributed by atoms with Crippen LogP contribution in [-0.2, 0) is 16.4 Å². The van der Waals surface area contributed by atoms with Crippen molar-refractivity contribution >= 4 is 5.78 Å². The second kappa shape index (κ2) is 6.24. The number of fused-ring (bicyclic) bond motifs is 1. The summed E-state index contributed by atoms with van der Waals surface area (Å²) in [6, 6.07) is 4.92. The van der Waals surface area contributed by atoms with E-state index in [0.29, 0.717) is 11.1 Å². The van der Waals surface area contributed by atoms with Crippen molar-refractivity contribution in [3.05, 3.63) is 58.4 Å². The van der Waals surface area contributed by atoms with Crippen LogP contribution in [0.15, 0.2) is 57.5 Å². The molecule has 1 aromatic rings. The first kappa shape index (κ1) is 19.8. The van der Waals surface area contributed by atoms with E-state index in [2.05, 4.69) is 15.5 Å². The monoisotopic (exact) mass is 407 g/mol. The number of nitrogens with zero attached hydrogens (tertiary/aromatic N) is 2. The maximum absolute atomic E-state index is 15.4. The van der Waals surface area contributed by atoms with E-state index in [1.807, 2.05) is 0 Å². The molecule has 0 radical (unpaired) electrons. The summed E-state index contributed by atoms with van der Waals surface area (Å²) in [6.07, 6.45) is -4.98.